The quantitative estimate of drug-likeness (QED) is 0.649. The van der Waals surface area contributed by atoms with Gasteiger partial charge in [-0.15, -0.1) is 0 Å². The Hall–Kier alpha value is 1.30. The first-order valence-electron chi connectivity index (χ1n) is 2.73. The number of hydrogen-bond donors (Lipinski definition) is 1. The molecule has 0 aliphatic rings. The molecule has 0 aromatic carbocycles. The SMILES string of the molecule is C[CH2][Zn]([OH])[CH2]C.[Ti]. The normalized spacial score (nSPS) is 7.29. The van der Waals surface area contributed by atoms with Crippen molar-refractivity contribution in [3.05, 3.63) is 0 Å². The molecule has 0 aromatic rings. The predicted octanol–water partition coefficient (Wildman–Crippen LogP) is 1.39. The molecule has 3 heteroatoms. The van der Waals surface area contributed by atoms with Crippen LogP contribution in [0, 0.1) is 0 Å². The van der Waals surface area contributed by atoms with Gasteiger partial charge in [0.1, 0.15) is 0 Å². The van der Waals surface area contributed by atoms with Gasteiger partial charge in [-0.1, -0.05) is 0 Å². The van der Waals surface area contributed by atoms with Crippen LogP contribution in [-0.2, 0) is 38.0 Å². The van der Waals surface area contributed by atoms with E-state index < -0.39 is 16.3 Å². The van der Waals surface area contributed by atoms with Crippen LogP contribution < -0.4 is 0 Å². The summed E-state index contributed by atoms with van der Waals surface area (Å²) in [7, 11) is 0. The Morgan fingerprint density at radius 3 is 1.57 bits per heavy atom. The molecule has 7 heavy (non-hydrogen) atoms. The first-order valence-corrected chi connectivity index (χ1v) is 8.25. The second-order valence-corrected chi connectivity index (χ2v) is 9.36. The fourth-order valence-corrected chi connectivity index (χ4v) is 1.84. The minimum absolute atomic E-state index is 0. The smallest absolute Gasteiger partial charge is 0 e. The first kappa shape index (κ1) is 11.1. The Kier molecular flexibility index (Phi) is 11.6. The van der Waals surface area contributed by atoms with E-state index in [0.717, 1.165) is 10.0 Å². The van der Waals surface area contributed by atoms with Crippen molar-refractivity contribution >= 4 is 0 Å². The van der Waals surface area contributed by atoms with E-state index in [9.17, 15) is 0 Å². The van der Waals surface area contributed by atoms with Crippen LogP contribution in [0.1, 0.15) is 13.8 Å². The van der Waals surface area contributed by atoms with Gasteiger partial charge in [-0.25, -0.2) is 0 Å². The molecule has 0 saturated carbocycles. The van der Waals surface area contributed by atoms with Crippen LogP contribution >= 0.6 is 0 Å². The fraction of sp³-hybridized carbons (Fsp3) is 1.00. The molecule has 0 aromatic heterocycles. The summed E-state index contributed by atoms with van der Waals surface area (Å²) in [4.78, 5) is 0. The third-order valence-corrected chi connectivity index (χ3v) is 6.00. The molecule has 1 nitrogen and oxygen atoms in total. The van der Waals surface area contributed by atoms with Gasteiger partial charge < -0.3 is 0 Å². The molecule has 0 heterocycles. The van der Waals surface area contributed by atoms with Gasteiger partial charge in [0, 0.05) is 21.7 Å². The second kappa shape index (κ2) is 7.30. The summed E-state index contributed by atoms with van der Waals surface area (Å²) in [5, 5.41) is 2.19. The van der Waals surface area contributed by atoms with E-state index in [0.29, 0.717) is 0 Å². The molecule has 0 atom stereocenters. The second-order valence-electron chi connectivity index (χ2n) is 1.80. The molecule has 0 aliphatic carbocycles. The molecule has 0 saturated heterocycles. The van der Waals surface area contributed by atoms with Gasteiger partial charge >= 0.3 is 44.1 Å². The predicted molar refractivity (Wildman–Crippen MR) is 23.2 cm³/mol. The molecule has 0 unspecified atom stereocenters. The molecule has 1 N–H and O–H groups in total. The van der Waals surface area contributed by atoms with Crippen LogP contribution in [0.3, 0.4) is 0 Å². The van der Waals surface area contributed by atoms with Crippen LogP contribution in [-0.4, -0.2) is 3.93 Å². The molecular formula is C4H11OTiZn. The van der Waals surface area contributed by atoms with Gasteiger partial charge in [0.25, 0.3) is 0 Å². The van der Waals surface area contributed by atoms with E-state index in [1.165, 1.54) is 0 Å². The van der Waals surface area contributed by atoms with E-state index in [4.69, 9.17) is 3.93 Å². The molecule has 0 radical (unpaired) electrons. The summed E-state index contributed by atoms with van der Waals surface area (Å²) >= 11 is -1.71. The van der Waals surface area contributed by atoms with E-state index >= 15 is 0 Å². The third-order valence-electron chi connectivity index (χ3n) is 1.15. The standard InChI is InChI=1S/2C2H5.H2O.Ti.Zn/c2*1-2;;;/h2*1H2,2H3;1H2;;/q;;;;+1/p-1. The van der Waals surface area contributed by atoms with Crippen molar-refractivity contribution in [2.75, 3.05) is 0 Å². The molecule has 0 rings (SSSR count). The summed E-state index contributed by atoms with van der Waals surface area (Å²) in [5.74, 6) is 0. The monoisotopic (exact) mass is 187 g/mol. The van der Waals surface area contributed by atoms with Gasteiger partial charge in [0.05, 0.1) is 0 Å². The summed E-state index contributed by atoms with van der Waals surface area (Å²) in [6, 6.07) is 0. The molecule has 0 amide bonds. The average molecular weight is 188 g/mol. The van der Waals surface area contributed by atoms with Crippen LogP contribution in [0.15, 0.2) is 0 Å². The van der Waals surface area contributed by atoms with Crippen molar-refractivity contribution in [2.45, 2.75) is 23.9 Å². The van der Waals surface area contributed by atoms with Gasteiger partial charge in [-0.05, 0) is 0 Å². The topological polar surface area (TPSA) is 20.2 Å². The van der Waals surface area contributed by atoms with Crippen molar-refractivity contribution in [1.82, 2.24) is 0 Å². The minimum Gasteiger partial charge on any atom is 0 e. The summed E-state index contributed by atoms with van der Waals surface area (Å²) < 4.78 is 8.88. The zero-order chi connectivity index (χ0) is 4.99. The maximum absolute atomic E-state index is 8.88. The Bertz CT molecular complexity index is 30.9. The molecular weight excluding hydrogens is 177 g/mol. The first-order chi connectivity index (χ1) is 2.81. The van der Waals surface area contributed by atoms with Crippen molar-refractivity contribution in [3.8, 4) is 0 Å². The molecule has 0 bridgehead atoms. The fourth-order valence-electron chi connectivity index (χ4n) is 0.354. The molecule has 0 aliphatic heterocycles. The Labute approximate surface area is 65.7 Å². The maximum atomic E-state index is 8.88. The van der Waals surface area contributed by atoms with Crippen LogP contribution in [0.2, 0.25) is 10.0 Å². The maximum Gasteiger partial charge on any atom is 0 e. The Morgan fingerprint density at radius 1 is 1.29 bits per heavy atom. The number of hydrogen-bond acceptors (Lipinski definition) is 1. The van der Waals surface area contributed by atoms with E-state index in [1.807, 2.05) is 0 Å². The van der Waals surface area contributed by atoms with Gasteiger partial charge in [-0.3, -0.25) is 0 Å². The Balaban J connectivity index is 0. The Morgan fingerprint density at radius 2 is 1.57 bits per heavy atom. The van der Waals surface area contributed by atoms with E-state index in [-0.39, 0.29) is 21.7 Å². The summed E-state index contributed by atoms with van der Waals surface area (Å²) in [6.45, 7) is 4.15. The van der Waals surface area contributed by atoms with Crippen molar-refractivity contribution < 1.29 is 42.0 Å². The largest absolute Gasteiger partial charge is 0 e. The number of rotatable bonds is 2. The van der Waals surface area contributed by atoms with E-state index in [2.05, 4.69) is 13.8 Å². The van der Waals surface area contributed by atoms with Crippen molar-refractivity contribution in [2.24, 2.45) is 0 Å². The van der Waals surface area contributed by atoms with Crippen molar-refractivity contribution in [3.63, 3.8) is 0 Å². The van der Waals surface area contributed by atoms with Crippen molar-refractivity contribution in [1.29, 1.82) is 0 Å². The van der Waals surface area contributed by atoms with Gasteiger partial charge in [-0.2, -0.15) is 0 Å². The zero-order valence-electron chi connectivity index (χ0n) is 5.07. The summed E-state index contributed by atoms with van der Waals surface area (Å²) in [6.07, 6.45) is 0. The molecule has 0 spiro atoms. The third kappa shape index (κ3) is 7.30. The summed E-state index contributed by atoms with van der Waals surface area (Å²) in [5.41, 5.74) is 0. The minimum atomic E-state index is -1.71. The molecule has 39 valence electrons. The van der Waals surface area contributed by atoms with Gasteiger partial charge in [0.2, 0.25) is 0 Å². The molecule has 0 fully saturated rings. The zero-order valence-corrected chi connectivity index (χ0v) is 9.60. The average Bonchev–Trinajstić information content (AvgIpc) is 1.65. The van der Waals surface area contributed by atoms with Crippen LogP contribution in [0.4, 0.5) is 0 Å². The van der Waals surface area contributed by atoms with Crippen LogP contribution in [0.5, 0.6) is 0 Å². The van der Waals surface area contributed by atoms with E-state index in [1.54, 1.807) is 0 Å². The van der Waals surface area contributed by atoms with Crippen LogP contribution in [0.25, 0.3) is 0 Å². The van der Waals surface area contributed by atoms with Gasteiger partial charge in [0.15, 0.2) is 0 Å².